The lowest BCUT2D eigenvalue weighted by Crippen LogP contribution is -2.60. The van der Waals surface area contributed by atoms with Crippen LogP contribution in [0.15, 0.2) is 132 Å². The third kappa shape index (κ3) is 4.28. The number of para-hydroxylation sites is 1. The Labute approximate surface area is 334 Å². The maximum atomic E-state index is 6.55. The van der Waals surface area contributed by atoms with Gasteiger partial charge in [-0.05, 0) is 109 Å². The first-order valence-corrected chi connectivity index (χ1v) is 20.5. The van der Waals surface area contributed by atoms with E-state index in [9.17, 15) is 0 Å². The zero-order chi connectivity index (χ0) is 38.9. The number of fused-ring (bicyclic) bond motifs is 14. The van der Waals surface area contributed by atoms with Crippen LogP contribution in [-0.2, 0) is 16.2 Å². The molecule has 7 aromatic carbocycles. The average molecular weight is 737 g/mol. The minimum atomic E-state index is -0.135. The Kier molecular flexibility index (Phi) is 6.22. The lowest BCUT2D eigenvalue weighted by Gasteiger charge is -2.43. The van der Waals surface area contributed by atoms with Crippen molar-refractivity contribution in [1.29, 1.82) is 0 Å². The zero-order valence-corrected chi connectivity index (χ0v) is 34.0. The van der Waals surface area contributed by atoms with E-state index in [2.05, 4.69) is 192 Å². The fraction of sp³-hybridized carbons (Fsp3) is 0.208. The number of hydrogen-bond acceptors (Lipinski definition) is 2. The van der Waals surface area contributed by atoms with Crippen LogP contribution in [0.5, 0.6) is 0 Å². The van der Waals surface area contributed by atoms with Crippen LogP contribution in [0.3, 0.4) is 0 Å². The van der Waals surface area contributed by atoms with Gasteiger partial charge in [0.05, 0.1) is 11.0 Å². The predicted octanol–water partition coefficient (Wildman–Crippen LogP) is 12.8. The van der Waals surface area contributed by atoms with Crippen LogP contribution < -0.4 is 15.7 Å². The normalized spacial score (nSPS) is 15.1. The molecule has 2 aromatic heterocycles. The van der Waals surface area contributed by atoms with Gasteiger partial charge in [0, 0.05) is 49.6 Å². The quantitative estimate of drug-likeness (QED) is 0.157. The topological polar surface area (TPSA) is 21.3 Å². The molecule has 4 heterocycles. The summed E-state index contributed by atoms with van der Waals surface area (Å²) in [6, 6.07) is 48.8. The monoisotopic (exact) mass is 736 g/mol. The molecule has 276 valence electrons. The Hall–Kier alpha value is -6.00. The maximum Gasteiger partial charge on any atom is 0.333 e. The Morgan fingerprint density at radius 2 is 1.26 bits per heavy atom. The largest absolute Gasteiger partial charge is 0.456 e. The number of furan rings is 1. The summed E-state index contributed by atoms with van der Waals surface area (Å²) in [5.41, 5.74) is 21.5. The molecule has 12 rings (SSSR count). The van der Waals surface area contributed by atoms with Crippen molar-refractivity contribution in [1.82, 2.24) is 4.57 Å². The Balaban J connectivity index is 1.25. The first-order valence-electron chi connectivity index (χ1n) is 20.5. The second-order valence-electron chi connectivity index (χ2n) is 19.4. The average Bonchev–Trinajstić information content (AvgIpc) is 3.80. The molecule has 3 nitrogen and oxygen atoms in total. The molecule has 57 heavy (non-hydrogen) atoms. The second-order valence-corrected chi connectivity index (χ2v) is 19.4. The van der Waals surface area contributed by atoms with E-state index in [0.29, 0.717) is 0 Å². The SMILES string of the molecule is CC(C)(C)c1ccc(N2B3c4cc5c(cc4-n4c6cc7c(cc6c6ccc(c3c64)-c3cc(C(C)(C)C)ccc32)oc2ccccc27)C(C)(C)c2ccccc2-5)cc1. The summed E-state index contributed by atoms with van der Waals surface area (Å²) >= 11 is 0. The van der Waals surface area contributed by atoms with Gasteiger partial charge in [0.15, 0.2) is 0 Å². The highest BCUT2D eigenvalue weighted by Crippen LogP contribution is 2.52. The van der Waals surface area contributed by atoms with Crippen LogP contribution in [0.25, 0.3) is 71.7 Å². The van der Waals surface area contributed by atoms with Gasteiger partial charge in [-0.15, -0.1) is 0 Å². The Morgan fingerprint density at radius 1 is 0.526 bits per heavy atom. The van der Waals surface area contributed by atoms with Crippen molar-refractivity contribution in [2.75, 3.05) is 4.81 Å². The summed E-state index contributed by atoms with van der Waals surface area (Å²) in [4.78, 5) is 2.66. The fourth-order valence-electron chi connectivity index (χ4n) is 10.7. The number of nitrogens with zero attached hydrogens (tertiary/aromatic N) is 2. The first-order chi connectivity index (χ1) is 27.3. The molecule has 4 heteroatoms. The van der Waals surface area contributed by atoms with E-state index in [1.165, 1.54) is 94.3 Å². The van der Waals surface area contributed by atoms with Crippen molar-refractivity contribution in [2.45, 2.75) is 71.6 Å². The molecule has 0 saturated carbocycles. The van der Waals surface area contributed by atoms with E-state index in [-0.39, 0.29) is 23.1 Å². The van der Waals surface area contributed by atoms with Crippen molar-refractivity contribution >= 4 is 72.9 Å². The van der Waals surface area contributed by atoms with Gasteiger partial charge in [0.2, 0.25) is 0 Å². The number of hydrogen-bond donors (Lipinski definition) is 0. The van der Waals surface area contributed by atoms with Crippen LogP contribution in [-0.4, -0.2) is 11.4 Å². The predicted molar refractivity (Wildman–Crippen MR) is 242 cm³/mol. The molecular weight excluding hydrogens is 691 g/mol. The summed E-state index contributed by atoms with van der Waals surface area (Å²) in [6.07, 6.45) is 0. The smallest absolute Gasteiger partial charge is 0.333 e. The molecule has 9 aromatic rings. The highest BCUT2D eigenvalue weighted by atomic mass is 16.3. The van der Waals surface area contributed by atoms with Gasteiger partial charge < -0.3 is 13.8 Å². The van der Waals surface area contributed by atoms with Crippen LogP contribution in [0.2, 0.25) is 0 Å². The maximum absolute atomic E-state index is 6.55. The standard InChI is InChI=1S/C53H45BN2O/c1-51(2,3)30-17-20-32(21-18-30)56-44-24-19-31(52(4,5)6)25-38(44)35-22-23-36-39-28-48-40(34-14-10-12-16-47(34)57-48)27-45(39)55-46-29-42-37(26-43(46)54(56)49(35)50(36)55)33-13-9-11-15-41(33)53(42,7)8/h9-29H,1-8H3. The molecule has 0 saturated heterocycles. The van der Waals surface area contributed by atoms with Crippen LogP contribution in [0.1, 0.15) is 77.6 Å². The van der Waals surface area contributed by atoms with Gasteiger partial charge in [-0.2, -0.15) is 0 Å². The molecule has 0 N–H and O–H groups in total. The van der Waals surface area contributed by atoms with E-state index in [0.717, 1.165) is 21.9 Å². The summed E-state index contributed by atoms with van der Waals surface area (Å²) in [5, 5.41) is 4.80. The van der Waals surface area contributed by atoms with Crippen LogP contribution in [0.4, 0.5) is 11.4 Å². The third-order valence-electron chi connectivity index (χ3n) is 13.7. The van der Waals surface area contributed by atoms with Gasteiger partial charge in [-0.1, -0.05) is 134 Å². The molecule has 0 bridgehead atoms. The highest BCUT2D eigenvalue weighted by Gasteiger charge is 2.46. The number of anilines is 2. The van der Waals surface area contributed by atoms with E-state index in [1.54, 1.807) is 0 Å². The number of benzene rings is 7. The van der Waals surface area contributed by atoms with Crippen molar-refractivity contribution in [3.63, 3.8) is 0 Å². The fourth-order valence-corrected chi connectivity index (χ4v) is 10.7. The van der Waals surface area contributed by atoms with Crippen molar-refractivity contribution in [3.8, 4) is 27.9 Å². The second kappa shape index (κ2) is 10.7. The minimum absolute atomic E-state index is 0.00545. The molecule has 2 aliphatic heterocycles. The lowest BCUT2D eigenvalue weighted by atomic mass is 9.43. The van der Waals surface area contributed by atoms with E-state index in [4.69, 9.17) is 4.42 Å². The van der Waals surface area contributed by atoms with E-state index < -0.39 is 0 Å². The Morgan fingerprint density at radius 3 is 2.05 bits per heavy atom. The van der Waals surface area contributed by atoms with Gasteiger partial charge in [-0.3, -0.25) is 0 Å². The molecule has 0 unspecified atom stereocenters. The summed E-state index contributed by atoms with van der Waals surface area (Å²) in [7, 11) is 0. The number of aromatic nitrogens is 1. The minimum Gasteiger partial charge on any atom is -0.456 e. The van der Waals surface area contributed by atoms with Crippen molar-refractivity contribution in [2.24, 2.45) is 0 Å². The molecule has 1 aliphatic carbocycles. The molecule has 0 fully saturated rings. The first kappa shape index (κ1) is 33.2. The Bertz CT molecular complexity index is 3230. The van der Waals surface area contributed by atoms with Crippen LogP contribution in [0, 0.1) is 0 Å². The van der Waals surface area contributed by atoms with Gasteiger partial charge in [-0.25, -0.2) is 0 Å². The summed E-state index contributed by atoms with van der Waals surface area (Å²) in [6.45, 7) is 18.6. The van der Waals surface area contributed by atoms with Gasteiger partial charge in [0.25, 0.3) is 0 Å². The summed E-state index contributed by atoms with van der Waals surface area (Å²) < 4.78 is 9.17. The van der Waals surface area contributed by atoms with E-state index in [1.807, 2.05) is 0 Å². The molecular formula is C53H45BN2O. The molecule has 3 aliphatic rings. The third-order valence-corrected chi connectivity index (χ3v) is 13.7. The van der Waals surface area contributed by atoms with Crippen LogP contribution >= 0.6 is 0 Å². The molecule has 0 atom stereocenters. The van der Waals surface area contributed by atoms with Gasteiger partial charge >= 0.3 is 6.85 Å². The van der Waals surface area contributed by atoms with E-state index >= 15 is 0 Å². The zero-order valence-electron chi connectivity index (χ0n) is 34.0. The molecule has 0 amide bonds. The van der Waals surface area contributed by atoms with Crippen molar-refractivity contribution in [3.05, 3.63) is 150 Å². The lowest BCUT2D eigenvalue weighted by molar-refractivity contribution is 0.590. The number of rotatable bonds is 1. The van der Waals surface area contributed by atoms with Crippen molar-refractivity contribution < 1.29 is 4.42 Å². The molecule has 0 radical (unpaired) electrons. The highest BCUT2D eigenvalue weighted by molar-refractivity contribution is 6.93. The van der Waals surface area contributed by atoms with Gasteiger partial charge in [0.1, 0.15) is 11.2 Å². The summed E-state index contributed by atoms with van der Waals surface area (Å²) in [5.74, 6) is 0. The molecule has 0 spiro atoms.